The first-order chi connectivity index (χ1) is 71.0. The summed E-state index contributed by atoms with van der Waals surface area (Å²) in [5.41, 5.74) is 11.9. The van der Waals surface area contributed by atoms with Gasteiger partial charge < -0.3 is 30.0 Å². The molecule has 0 unspecified atom stereocenters. The molecular formula is C130H248N20. The standard InChI is InChI=1S/C14H25N.C10H21N.C9H11N.C8H15N.C8H9N.C8H15N.C8H9N.C8H17N.4C6H13N.3C5H11N.3C4H9N.2C3H7N/c1-15-14(12-8-4-2-5-9-12)13-10-6-3-7-11-13;1-9(2,3)8(11-7)10(4,5)6;1-3-10-9-6-4-8(2)5-7-9;2*1-9-7-8-5-3-2-4-6-8;2*1-2-9-8-6-4-3-5-7-8;1-6(2)8(9-5)7(3)4;1-6(2,3)5-7-4;1-5-7-6(2,3)4;1-4-6(5-2)7-3;1-3-5-6-7-4-2;1-5(2)4-6-3;1-4-6-5(2)3;1-3-5-6-4-2;1-4(2)5-3;1-3-4-5-2;1-3-5-4-2;2*1-3-4-2/h12-13H,2-11H2,1H3;1-7H3;3-7H,1-2H3;7-8H,2-6H2,1H3;2-7H,1H3;2,8H,3-7H2,1H3;2-7H,1H3;6-7H,1-5H3;2*5H,1-4H3;4-5H2,1-3H3;4H,3,5-6H2,1-2H3;2*4-5H,1-3H3;4H,3,5H2,1-2H3;1-3H3;4H,3H2,1-2H3;3H,4H2,1-2H3;2*3H,1-2H3. The van der Waals surface area contributed by atoms with Gasteiger partial charge in [-0.1, -0.05) is 288 Å². The fourth-order valence-corrected chi connectivity index (χ4v) is 14.5. The van der Waals surface area contributed by atoms with Crippen LogP contribution >= 0.6 is 0 Å². The van der Waals surface area contributed by atoms with Crippen molar-refractivity contribution in [3.8, 4) is 0 Å². The number of aryl methyl sites for hydroxylation is 1. The highest BCUT2D eigenvalue weighted by Crippen LogP contribution is 2.34. The predicted molar refractivity (Wildman–Crippen MR) is 707 cm³/mol. The van der Waals surface area contributed by atoms with Crippen molar-refractivity contribution in [3.63, 3.8) is 0 Å². The van der Waals surface area contributed by atoms with Gasteiger partial charge in [0.15, 0.2) is 0 Å². The van der Waals surface area contributed by atoms with Crippen LogP contribution in [0, 0.1) is 58.7 Å². The van der Waals surface area contributed by atoms with Gasteiger partial charge in [0.25, 0.3) is 0 Å². The Morgan fingerprint density at radius 1 is 0.387 bits per heavy atom. The number of hydrogen-bond acceptors (Lipinski definition) is 20. The van der Waals surface area contributed by atoms with E-state index in [9.17, 15) is 0 Å². The molecule has 0 atom stereocenters. The van der Waals surface area contributed by atoms with Gasteiger partial charge in [0.05, 0.1) is 16.9 Å². The van der Waals surface area contributed by atoms with Gasteiger partial charge in [0.2, 0.25) is 0 Å². The topological polar surface area (TPSA) is 247 Å². The Morgan fingerprint density at radius 3 is 1.00 bits per heavy atom. The highest BCUT2D eigenvalue weighted by atomic mass is 14.8. The average molecular weight is 2090 g/mol. The number of nitrogens with zero attached hydrogens (tertiary/aromatic N) is 20. The predicted octanol–water partition coefficient (Wildman–Crippen LogP) is 37.7. The zero-order valence-electron chi connectivity index (χ0n) is 108. The molecular weight excluding hydrogens is 1840 g/mol. The second-order valence-electron chi connectivity index (χ2n) is 41.0. The van der Waals surface area contributed by atoms with Gasteiger partial charge in [-0.3, -0.25) is 69.9 Å². The summed E-state index contributed by atoms with van der Waals surface area (Å²) in [5.74, 6) is 4.34. The quantitative estimate of drug-likeness (QED) is 0.0757. The molecule has 0 N–H and O–H groups in total. The van der Waals surface area contributed by atoms with E-state index < -0.39 is 0 Å². The van der Waals surface area contributed by atoms with Gasteiger partial charge in [0.1, 0.15) is 0 Å². The summed E-state index contributed by atoms with van der Waals surface area (Å²) >= 11 is 0. The number of aliphatic imine (C=N–C) groups is 20. The summed E-state index contributed by atoms with van der Waals surface area (Å²) < 4.78 is 0. The zero-order chi connectivity index (χ0) is 118. The van der Waals surface area contributed by atoms with Crippen LogP contribution in [-0.4, -0.2) is 244 Å². The second-order valence-corrected chi connectivity index (χ2v) is 41.0. The number of hydrogen-bond donors (Lipinski definition) is 0. The van der Waals surface area contributed by atoms with E-state index in [0.717, 1.165) is 85.7 Å². The first-order valence-corrected chi connectivity index (χ1v) is 57.1. The van der Waals surface area contributed by atoms with Crippen LogP contribution in [0.1, 0.15) is 441 Å². The van der Waals surface area contributed by atoms with E-state index in [1.807, 2.05) is 254 Å². The molecule has 4 fully saturated rings. The van der Waals surface area contributed by atoms with E-state index in [1.165, 1.54) is 164 Å². The van der Waals surface area contributed by atoms with Crippen molar-refractivity contribution in [2.75, 3.05) is 104 Å². The van der Waals surface area contributed by atoms with Crippen molar-refractivity contribution < 1.29 is 0 Å². The zero-order valence-corrected chi connectivity index (χ0v) is 108. The molecule has 0 heterocycles. The number of para-hydroxylation sites is 1. The number of unbranched alkanes of at least 4 members (excludes halogenated alkanes) is 1. The summed E-state index contributed by atoms with van der Waals surface area (Å²) in [6.45, 7) is 83.7. The van der Waals surface area contributed by atoms with E-state index in [-0.39, 0.29) is 21.8 Å². The first-order valence-electron chi connectivity index (χ1n) is 57.1. The molecule has 7 rings (SSSR count). The van der Waals surface area contributed by atoms with Gasteiger partial charge >= 0.3 is 0 Å². The molecule has 0 aliphatic heterocycles. The lowest BCUT2D eigenvalue weighted by Gasteiger charge is -2.31. The van der Waals surface area contributed by atoms with Gasteiger partial charge in [-0.25, -0.2) is 0 Å². The Kier molecular flexibility index (Phi) is 147. The Morgan fingerprint density at radius 2 is 0.800 bits per heavy atom. The number of benzene rings is 3. The Bertz CT molecular complexity index is 3640. The third-order valence-corrected chi connectivity index (χ3v) is 20.9. The van der Waals surface area contributed by atoms with Crippen LogP contribution in [0.5, 0.6) is 0 Å². The minimum Gasteiger partial charge on any atom is -0.301 e. The second kappa shape index (κ2) is 131. The van der Waals surface area contributed by atoms with Crippen molar-refractivity contribution in [1.82, 2.24) is 0 Å². The molecule has 0 amide bonds. The fourth-order valence-electron chi connectivity index (χ4n) is 14.5. The smallest absolute Gasteiger partial charge is 0.0625 e. The van der Waals surface area contributed by atoms with E-state index in [1.54, 1.807) is 86.1 Å². The van der Waals surface area contributed by atoms with Crippen LogP contribution in [0.2, 0.25) is 0 Å². The van der Waals surface area contributed by atoms with Crippen molar-refractivity contribution in [3.05, 3.63) is 96.1 Å². The van der Waals surface area contributed by atoms with Crippen LogP contribution in [0.4, 0.5) is 11.4 Å². The summed E-state index contributed by atoms with van der Waals surface area (Å²) in [4.78, 5) is 80.2. The molecule has 4 saturated carbocycles. The monoisotopic (exact) mass is 2090 g/mol. The van der Waals surface area contributed by atoms with Gasteiger partial charge in [-0.15, -0.1) is 0 Å². The van der Waals surface area contributed by atoms with Gasteiger partial charge in [-0.2, -0.15) is 0 Å². The maximum Gasteiger partial charge on any atom is 0.0625 e. The Balaban J connectivity index is -0.000000121. The van der Waals surface area contributed by atoms with Gasteiger partial charge in [0, 0.05) is 193 Å². The summed E-state index contributed by atoms with van der Waals surface area (Å²) in [5, 5.41) is 0. The van der Waals surface area contributed by atoms with Crippen LogP contribution in [0.3, 0.4) is 0 Å². The lowest BCUT2D eigenvalue weighted by molar-refractivity contribution is 0.387. The maximum absolute atomic E-state index is 4.65. The van der Waals surface area contributed by atoms with Crippen LogP contribution in [0.25, 0.3) is 0 Å². The highest BCUT2D eigenvalue weighted by molar-refractivity contribution is 5.93. The van der Waals surface area contributed by atoms with Crippen molar-refractivity contribution in [2.24, 2.45) is 152 Å². The summed E-state index contributed by atoms with van der Waals surface area (Å²) in [6, 6.07) is 29.2. The Labute approximate surface area is 933 Å². The van der Waals surface area contributed by atoms with Crippen LogP contribution < -0.4 is 0 Å². The normalized spacial score (nSPS) is 13.7. The third kappa shape index (κ3) is 150. The molecule has 3 aromatic rings. The minimum absolute atomic E-state index is 0.120. The maximum atomic E-state index is 4.65. The van der Waals surface area contributed by atoms with E-state index in [2.05, 4.69) is 298 Å². The number of rotatable bonds is 20. The largest absolute Gasteiger partial charge is 0.301 e. The van der Waals surface area contributed by atoms with Crippen LogP contribution in [0.15, 0.2) is 185 Å². The first kappa shape index (κ1) is 169. The molecule has 0 spiro atoms. The van der Waals surface area contributed by atoms with E-state index >= 15 is 0 Å². The SMILES string of the molecule is CC=NC.CC=NC.CC=NC(C)(C)C.CC=NC(C)C.CC=NC1CCCCC1.CC=NCC.CC=NCCC.CC=NCCCC.CC=Nc1ccc(C)cc1.CC=Nc1ccccc1.CCC(CC)=NC.CCC=NC.CN=C(C(C)(C)C)C(C)(C)C.CN=C(C(C)C)C(C)C.CN=C(C)C.CN=C(C1CCCCC1)C1CCCCC1.CN=CC(C)(C)C.CN=CC(C)C.CN=CC1CCCCC1.CN=Cc1ccccc1. The summed E-state index contributed by atoms with van der Waals surface area (Å²) in [6.07, 6.45) is 63.0. The van der Waals surface area contributed by atoms with E-state index in [4.69, 9.17) is 0 Å². The molecule has 20 nitrogen and oxygen atoms in total. The highest BCUT2D eigenvalue weighted by Gasteiger charge is 2.29. The molecule has 0 bridgehead atoms. The molecule has 150 heavy (non-hydrogen) atoms. The molecule has 0 radical (unpaired) electrons. The van der Waals surface area contributed by atoms with E-state index in [0.29, 0.717) is 29.8 Å². The van der Waals surface area contributed by atoms with Crippen molar-refractivity contribution >= 4 is 133 Å². The lowest BCUT2D eigenvalue weighted by atomic mass is 9.75. The lowest BCUT2D eigenvalue weighted by Crippen LogP contribution is -2.32. The minimum atomic E-state index is 0.120. The molecule has 4 aliphatic carbocycles. The molecule has 20 heteroatoms. The van der Waals surface area contributed by atoms with Crippen molar-refractivity contribution in [1.29, 1.82) is 0 Å². The van der Waals surface area contributed by atoms with Crippen molar-refractivity contribution in [2.45, 2.75) is 455 Å². The third-order valence-electron chi connectivity index (χ3n) is 20.9. The molecule has 3 aromatic carbocycles. The fraction of sp³-hybridized carbons (Fsp3) is 0.708. The van der Waals surface area contributed by atoms with Gasteiger partial charge in [-0.05, 0) is 342 Å². The Hall–Kier alpha value is -8.94. The molecule has 4 aliphatic rings. The van der Waals surface area contributed by atoms with Crippen LogP contribution in [-0.2, 0) is 0 Å². The molecule has 868 valence electrons. The molecule has 0 saturated heterocycles. The average Bonchev–Trinajstić information content (AvgIpc) is 0.850. The summed E-state index contributed by atoms with van der Waals surface area (Å²) in [7, 11) is 21.9. The molecule has 0 aromatic heterocycles.